The van der Waals surface area contributed by atoms with E-state index in [1.54, 1.807) is 0 Å². The fourth-order valence-electron chi connectivity index (χ4n) is 5.16. The third-order valence-corrected chi connectivity index (χ3v) is 9.31. The number of benzene rings is 4. The highest BCUT2D eigenvalue weighted by molar-refractivity contribution is 7.89. The Bertz CT molecular complexity index is 1730. The Balaban J connectivity index is 1.22. The zero-order valence-electron chi connectivity index (χ0n) is 23.3. The molecule has 222 valence electrons. The highest BCUT2D eigenvalue weighted by Gasteiger charge is 2.40. The number of nitrogens with one attached hydrogen (secondary N) is 3. The summed E-state index contributed by atoms with van der Waals surface area (Å²) < 4.78 is 28.1. The molecule has 4 aromatic rings. The normalized spacial score (nSPS) is 16.0. The number of nitrogens with zero attached hydrogens (tertiary/aromatic N) is 1. The molecule has 0 radical (unpaired) electrons. The Morgan fingerprint density at radius 2 is 1.56 bits per heavy atom. The van der Waals surface area contributed by atoms with Crippen molar-refractivity contribution in [1.82, 2.24) is 14.9 Å². The van der Waals surface area contributed by atoms with Gasteiger partial charge in [-0.15, -0.1) is 0 Å². The van der Waals surface area contributed by atoms with E-state index < -0.39 is 40.0 Å². The van der Waals surface area contributed by atoms with Gasteiger partial charge in [-0.3, -0.25) is 4.79 Å². The summed E-state index contributed by atoms with van der Waals surface area (Å²) in [6, 6.07) is 25.7. The molecule has 1 aliphatic heterocycles. The minimum Gasteiger partial charge on any atom is -0.480 e. The van der Waals surface area contributed by atoms with Crippen LogP contribution in [0.2, 0.25) is 0 Å². The van der Waals surface area contributed by atoms with Crippen molar-refractivity contribution >= 4 is 44.4 Å². The maximum absolute atomic E-state index is 13.5. The van der Waals surface area contributed by atoms with Crippen molar-refractivity contribution in [2.45, 2.75) is 42.8 Å². The van der Waals surface area contributed by atoms with E-state index in [1.165, 1.54) is 24.3 Å². The van der Waals surface area contributed by atoms with E-state index in [9.17, 15) is 27.9 Å². The first-order chi connectivity index (χ1) is 20.7. The topological polar surface area (TPSA) is 145 Å². The second kappa shape index (κ2) is 13.1. The number of urea groups is 1. The van der Waals surface area contributed by atoms with Gasteiger partial charge in [0.15, 0.2) is 0 Å². The second-order valence-electron chi connectivity index (χ2n) is 10.4. The first-order valence-electron chi connectivity index (χ1n) is 13.9. The van der Waals surface area contributed by atoms with E-state index in [-0.39, 0.29) is 24.3 Å². The molecule has 0 spiro atoms. The predicted octanol–water partition coefficient (Wildman–Crippen LogP) is 4.13. The quantitative estimate of drug-likeness (QED) is 0.216. The Morgan fingerprint density at radius 1 is 0.860 bits per heavy atom. The maximum atomic E-state index is 13.5. The summed E-state index contributed by atoms with van der Waals surface area (Å²) in [7, 11) is -4.07. The van der Waals surface area contributed by atoms with Gasteiger partial charge in [0.05, 0.1) is 4.90 Å². The van der Waals surface area contributed by atoms with E-state index in [0.717, 1.165) is 26.2 Å². The Labute approximate surface area is 249 Å². The molecule has 0 aromatic heterocycles. The summed E-state index contributed by atoms with van der Waals surface area (Å²) in [6.07, 6.45) is 0.786. The van der Waals surface area contributed by atoms with Crippen molar-refractivity contribution in [2.24, 2.45) is 0 Å². The number of carboxylic acids is 1. The number of hydrogen-bond donors (Lipinski definition) is 4. The Kier molecular flexibility index (Phi) is 9.03. The van der Waals surface area contributed by atoms with Gasteiger partial charge in [0.1, 0.15) is 12.1 Å². The van der Waals surface area contributed by atoms with E-state index >= 15 is 0 Å². The predicted molar refractivity (Wildman–Crippen MR) is 163 cm³/mol. The highest BCUT2D eigenvalue weighted by Crippen LogP contribution is 2.27. The highest BCUT2D eigenvalue weighted by atomic mass is 32.2. The number of carbonyl (C=O) groups excluding carboxylic acids is 2. The average Bonchev–Trinajstić information content (AvgIpc) is 3.52. The van der Waals surface area contributed by atoms with Gasteiger partial charge < -0.3 is 21.1 Å². The van der Waals surface area contributed by atoms with Crippen LogP contribution in [0.25, 0.3) is 10.8 Å². The van der Waals surface area contributed by atoms with Crippen LogP contribution in [0, 0.1) is 0 Å². The monoisotopic (exact) mass is 600 g/mol. The molecule has 0 saturated carbocycles. The van der Waals surface area contributed by atoms with Crippen LogP contribution in [0.1, 0.15) is 24.0 Å². The van der Waals surface area contributed by atoms with Crippen LogP contribution >= 0.6 is 0 Å². The van der Waals surface area contributed by atoms with E-state index in [1.807, 2.05) is 72.8 Å². The maximum Gasteiger partial charge on any atom is 0.326 e. The SMILES string of the molecule is O=C(NCc1ccccc1)Nc1ccc(S(=O)(=O)N2CCC[C@H]2C(=O)N[C@@H](Cc2ccc3ccccc3c2)C(=O)O)cc1. The Hall–Kier alpha value is -4.74. The molecule has 1 heterocycles. The van der Waals surface area contributed by atoms with Gasteiger partial charge >= 0.3 is 12.0 Å². The number of sulfonamides is 1. The number of amides is 3. The lowest BCUT2D eigenvalue weighted by atomic mass is 10.0. The average molecular weight is 601 g/mol. The minimum absolute atomic E-state index is 0.0339. The van der Waals surface area contributed by atoms with Crippen LogP contribution in [0.5, 0.6) is 0 Å². The van der Waals surface area contributed by atoms with Crippen molar-refractivity contribution in [3.63, 3.8) is 0 Å². The lowest BCUT2D eigenvalue weighted by molar-refractivity contribution is -0.142. The lowest BCUT2D eigenvalue weighted by Crippen LogP contribution is -2.51. The molecule has 0 aliphatic carbocycles. The van der Waals surface area contributed by atoms with Crippen LogP contribution in [0.4, 0.5) is 10.5 Å². The summed E-state index contributed by atoms with van der Waals surface area (Å²) in [4.78, 5) is 37.5. The number of rotatable bonds is 10. The van der Waals surface area contributed by atoms with Crippen LogP contribution < -0.4 is 16.0 Å². The molecule has 4 N–H and O–H groups in total. The van der Waals surface area contributed by atoms with Gasteiger partial charge in [0.2, 0.25) is 15.9 Å². The van der Waals surface area contributed by atoms with Gasteiger partial charge in [0.25, 0.3) is 0 Å². The van der Waals surface area contributed by atoms with Gasteiger partial charge in [-0.05, 0) is 59.0 Å². The minimum atomic E-state index is -4.07. The summed E-state index contributed by atoms with van der Waals surface area (Å²) in [5.74, 6) is -1.85. The molecule has 5 rings (SSSR count). The van der Waals surface area contributed by atoms with Crippen molar-refractivity contribution in [3.8, 4) is 0 Å². The molecule has 0 bridgehead atoms. The molecule has 2 atom stereocenters. The van der Waals surface area contributed by atoms with Gasteiger partial charge in [-0.25, -0.2) is 18.0 Å². The van der Waals surface area contributed by atoms with Crippen LogP contribution in [-0.2, 0) is 32.6 Å². The van der Waals surface area contributed by atoms with E-state index in [0.29, 0.717) is 18.7 Å². The standard InChI is InChI=1S/C32H32N4O6S/c37-30(35-28(31(38)39)20-23-12-13-24-9-4-5-10-25(24)19-23)29-11-6-18-36(29)43(41,42)27-16-14-26(15-17-27)34-32(40)33-21-22-7-2-1-3-8-22/h1-5,7-10,12-17,19,28-29H,6,11,18,20-21H2,(H,35,37)(H,38,39)(H2,33,34,40)/t28-,29-/m0/s1. The molecule has 4 aromatic carbocycles. The molecular formula is C32H32N4O6S. The molecule has 43 heavy (non-hydrogen) atoms. The number of carboxylic acid groups (broad SMARTS) is 1. The number of aliphatic carboxylic acids is 1. The summed E-state index contributed by atoms with van der Waals surface area (Å²) in [5.41, 5.74) is 2.08. The van der Waals surface area contributed by atoms with Gasteiger partial charge in [-0.1, -0.05) is 72.8 Å². The molecule has 1 saturated heterocycles. The zero-order chi connectivity index (χ0) is 30.4. The third kappa shape index (κ3) is 7.19. The molecule has 3 amide bonds. The second-order valence-corrected chi connectivity index (χ2v) is 12.3. The lowest BCUT2D eigenvalue weighted by Gasteiger charge is -2.25. The molecular weight excluding hydrogens is 568 g/mol. The number of anilines is 1. The molecule has 1 fully saturated rings. The molecule has 0 unspecified atom stereocenters. The zero-order valence-corrected chi connectivity index (χ0v) is 24.1. The fraction of sp³-hybridized carbons (Fsp3) is 0.219. The van der Waals surface area contributed by atoms with Gasteiger partial charge in [-0.2, -0.15) is 4.31 Å². The summed E-state index contributed by atoms with van der Waals surface area (Å²) in [6.45, 7) is 0.466. The van der Waals surface area contributed by atoms with Crippen LogP contribution in [0.15, 0.2) is 102 Å². The number of hydrogen-bond acceptors (Lipinski definition) is 5. The first kappa shape index (κ1) is 29.7. The van der Waals surface area contributed by atoms with E-state index in [2.05, 4.69) is 16.0 Å². The Morgan fingerprint density at radius 3 is 2.28 bits per heavy atom. The van der Waals surface area contributed by atoms with Crippen LogP contribution in [0.3, 0.4) is 0 Å². The van der Waals surface area contributed by atoms with Crippen molar-refractivity contribution < 1.29 is 27.9 Å². The molecule has 10 nitrogen and oxygen atoms in total. The van der Waals surface area contributed by atoms with Gasteiger partial charge in [0, 0.05) is 25.2 Å². The smallest absolute Gasteiger partial charge is 0.326 e. The first-order valence-corrected chi connectivity index (χ1v) is 15.4. The third-order valence-electron chi connectivity index (χ3n) is 7.39. The number of fused-ring (bicyclic) bond motifs is 1. The van der Waals surface area contributed by atoms with Crippen LogP contribution in [-0.4, -0.2) is 54.4 Å². The molecule has 11 heteroatoms. The van der Waals surface area contributed by atoms with Crippen molar-refractivity contribution in [3.05, 3.63) is 108 Å². The fourth-order valence-corrected chi connectivity index (χ4v) is 6.81. The largest absolute Gasteiger partial charge is 0.480 e. The van der Waals surface area contributed by atoms with E-state index in [4.69, 9.17) is 0 Å². The summed E-state index contributed by atoms with van der Waals surface area (Å²) in [5, 5.41) is 19.8. The van der Waals surface area contributed by atoms with Crippen molar-refractivity contribution in [1.29, 1.82) is 0 Å². The summed E-state index contributed by atoms with van der Waals surface area (Å²) >= 11 is 0. The van der Waals surface area contributed by atoms with Crippen molar-refractivity contribution in [2.75, 3.05) is 11.9 Å². The number of carbonyl (C=O) groups is 3. The molecule has 1 aliphatic rings.